The van der Waals surface area contributed by atoms with Gasteiger partial charge in [0.25, 0.3) is 5.24 Å². The van der Waals surface area contributed by atoms with Crippen LogP contribution in [-0.4, -0.2) is 47.4 Å². The number of carbonyl (C=O) groups is 3. The van der Waals surface area contributed by atoms with E-state index in [4.69, 9.17) is 4.74 Å². The van der Waals surface area contributed by atoms with Crippen molar-refractivity contribution in [2.45, 2.75) is 13.3 Å². The summed E-state index contributed by atoms with van der Waals surface area (Å²) in [6, 6.07) is 7.61. The van der Waals surface area contributed by atoms with Crippen LogP contribution in [0.3, 0.4) is 0 Å². The lowest BCUT2D eigenvalue weighted by atomic mass is 10.2. The highest BCUT2D eigenvalue weighted by molar-refractivity contribution is 8.14. The second kappa shape index (κ2) is 7.84. The van der Waals surface area contributed by atoms with E-state index >= 15 is 0 Å². The summed E-state index contributed by atoms with van der Waals surface area (Å²) in [5, 5.41) is 2.43. The Morgan fingerprint density at radius 2 is 2.23 bits per heavy atom. The predicted octanol–water partition coefficient (Wildman–Crippen LogP) is 1.58. The van der Waals surface area contributed by atoms with Gasteiger partial charge >= 0.3 is 0 Å². The van der Waals surface area contributed by atoms with E-state index in [2.05, 4.69) is 5.32 Å². The van der Waals surface area contributed by atoms with Crippen LogP contribution in [0.2, 0.25) is 0 Å². The van der Waals surface area contributed by atoms with E-state index in [0.717, 1.165) is 28.0 Å². The van der Waals surface area contributed by atoms with Gasteiger partial charge in [0.15, 0.2) is 0 Å². The number of ether oxygens (including phenoxy) is 1. The third kappa shape index (κ3) is 4.77. The Morgan fingerprint density at radius 1 is 1.41 bits per heavy atom. The van der Waals surface area contributed by atoms with E-state index < -0.39 is 0 Å². The van der Waals surface area contributed by atoms with Gasteiger partial charge < -0.3 is 10.1 Å². The van der Waals surface area contributed by atoms with Crippen LogP contribution < -0.4 is 10.1 Å². The van der Waals surface area contributed by atoms with Gasteiger partial charge in [0.05, 0.1) is 18.8 Å². The molecule has 22 heavy (non-hydrogen) atoms. The van der Waals surface area contributed by atoms with Crippen molar-refractivity contribution < 1.29 is 19.1 Å². The predicted molar refractivity (Wildman–Crippen MR) is 83.9 cm³/mol. The first-order valence-corrected chi connectivity index (χ1v) is 7.98. The number of aryl methyl sites for hydroxylation is 1. The van der Waals surface area contributed by atoms with Crippen LogP contribution in [0.15, 0.2) is 24.3 Å². The molecular weight excluding hydrogens is 304 g/mol. The molecule has 1 aliphatic rings. The molecule has 1 aliphatic heterocycles. The third-order valence-corrected chi connectivity index (χ3v) is 3.94. The molecule has 1 saturated heterocycles. The van der Waals surface area contributed by atoms with Crippen LogP contribution in [0.25, 0.3) is 0 Å². The van der Waals surface area contributed by atoms with Crippen molar-refractivity contribution in [1.82, 2.24) is 10.2 Å². The SMILES string of the molecule is Cc1cccc(OCCC(=O)NCCN2C(=O)CSC2=O)c1. The summed E-state index contributed by atoms with van der Waals surface area (Å²) in [5.41, 5.74) is 1.10. The Morgan fingerprint density at radius 3 is 2.91 bits per heavy atom. The normalized spacial score (nSPS) is 14.3. The first-order valence-electron chi connectivity index (χ1n) is 6.99. The van der Waals surface area contributed by atoms with Crippen molar-refractivity contribution in [2.75, 3.05) is 25.4 Å². The van der Waals surface area contributed by atoms with Crippen molar-refractivity contribution in [3.8, 4) is 5.75 Å². The Hall–Kier alpha value is -2.02. The molecule has 2 rings (SSSR count). The summed E-state index contributed by atoms with van der Waals surface area (Å²) in [4.78, 5) is 35.5. The molecule has 1 heterocycles. The number of benzene rings is 1. The number of carbonyl (C=O) groups excluding carboxylic acids is 3. The monoisotopic (exact) mass is 322 g/mol. The first-order chi connectivity index (χ1) is 10.6. The summed E-state index contributed by atoms with van der Waals surface area (Å²) in [7, 11) is 0. The van der Waals surface area contributed by atoms with E-state index in [1.807, 2.05) is 31.2 Å². The van der Waals surface area contributed by atoms with Gasteiger partial charge in [0, 0.05) is 13.1 Å². The quantitative estimate of drug-likeness (QED) is 0.825. The molecule has 1 fully saturated rings. The van der Waals surface area contributed by atoms with Crippen molar-refractivity contribution in [3.05, 3.63) is 29.8 Å². The lowest BCUT2D eigenvalue weighted by Crippen LogP contribution is -2.37. The van der Waals surface area contributed by atoms with Crippen molar-refractivity contribution >= 4 is 28.8 Å². The second-order valence-electron chi connectivity index (χ2n) is 4.86. The molecule has 0 radical (unpaired) electrons. The molecule has 7 heteroatoms. The van der Waals surface area contributed by atoms with Gasteiger partial charge in [-0.05, 0) is 24.6 Å². The molecular formula is C15H18N2O4S. The molecule has 1 N–H and O–H groups in total. The molecule has 1 aromatic carbocycles. The minimum Gasteiger partial charge on any atom is -0.493 e. The standard InChI is InChI=1S/C15H18N2O4S/c1-11-3-2-4-12(9-11)21-8-5-13(18)16-6-7-17-14(19)10-22-15(17)20/h2-4,9H,5-8,10H2,1H3,(H,16,18). The van der Waals surface area contributed by atoms with Crippen LogP contribution in [0.5, 0.6) is 5.75 Å². The zero-order valence-corrected chi connectivity index (χ0v) is 13.1. The van der Waals surface area contributed by atoms with Crippen LogP contribution in [0, 0.1) is 6.92 Å². The number of nitrogens with one attached hydrogen (secondary N) is 1. The Balaban J connectivity index is 1.62. The summed E-state index contributed by atoms with van der Waals surface area (Å²) in [6.45, 7) is 2.74. The van der Waals surface area contributed by atoms with Gasteiger partial charge in [0.2, 0.25) is 11.8 Å². The van der Waals surface area contributed by atoms with Crippen molar-refractivity contribution in [1.29, 1.82) is 0 Å². The van der Waals surface area contributed by atoms with Crippen molar-refractivity contribution in [3.63, 3.8) is 0 Å². The summed E-state index contributed by atoms with van der Waals surface area (Å²) >= 11 is 0.990. The number of hydrogen-bond donors (Lipinski definition) is 1. The molecule has 0 aliphatic carbocycles. The lowest BCUT2D eigenvalue weighted by molar-refractivity contribution is -0.125. The molecule has 0 saturated carbocycles. The maximum atomic E-state index is 11.7. The number of amides is 3. The Kier molecular flexibility index (Phi) is 5.83. The fourth-order valence-electron chi connectivity index (χ4n) is 1.96. The van der Waals surface area contributed by atoms with Gasteiger partial charge in [-0.3, -0.25) is 19.3 Å². The van der Waals surface area contributed by atoms with Crippen molar-refractivity contribution in [2.24, 2.45) is 0 Å². The average molecular weight is 322 g/mol. The van der Waals surface area contributed by atoms with Gasteiger partial charge in [-0.15, -0.1) is 0 Å². The summed E-state index contributed by atoms with van der Waals surface area (Å²) in [6.07, 6.45) is 0.227. The smallest absolute Gasteiger partial charge is 0.288 e. The van der Waals surface area contributed by atoms with Crippen LogP contribution in [-0.2, 0) is 9.59 Å². The lowest BCUT2D eigenvalue weighted by Gasteiger charge is -2.13. The Bertz CT molecular complexity index is 560. The molecule has 0 bridgehead atoms. The van der Waals surface area contributed by atoms with Gasteiger partial charge in [0.1, 0.15) is 5.75 Å². The van der Waals surface area contributed by atoms with E-state index in [1.165, 1.54) is 0 Å². The van der Waals surface area contributed by atoms with E-state index in [0.29, 0.717) is 0 Å². The minimum atomic E-state index is -0.248. The Labute approximate surface area is 133 Å². The topological polar surface area (TPSA) is 75.7 Å². The highest BCUT2D eigenvalue weighted by atomic mass is 32.2. The van der Waals surface area contributed by atoms with E-state index in [-0.39, 0.29) is 48.9 Å². The molecule has 0 unspecified atom stereocenters. The molecule has 1 aromatic rings. The molecule has 6 nitrogen and oxygen atoms in total. The van der Waals surface area contributed by atoms with E-state index in [1.54, 1.807) is 0 Å². The van der Waals surface area contributed by atoms with Gasteiger partial charge in [-0.2, -0.15) is 0 Å². The van der Waals surface area contributed by atoms with Gasteiger partial charge in [-0.1, -0.05) is 23.9 Å². The highest BCUT2D eigenvalue weighted by Crippen LogP contribution is 2.17. The minimum absolute atomic E-state index is 0.167. The number of nitrogens with zero attached hydrogens (tertiary/aromatic N) is 1. The second-order valence-corrected chi connectivity index (χ2v) is 5.79. The van der Waals surface area contributed by atoms with Crippen LogP contribution in [0.1, 0.15) is 12.0 Å². The van der Waals surface area contributed by atoms with Crippen LogP contribution in [0.4, 0.5) is 4.79 Å². The number of imide groups is 1. The molecule has 118 valence electrons. The highest BCUT2D eigenvalue weighted by Gasteiger charge is 2.29. The third-order valence-electron chi connectivity index (χ3n) is 3.09. The molecule has 3 amide bonds. The van der Waals surface area contributed by atoms with Gasteiger partial charge in [-0.25, -0.2) is 0 Å². The maximum Gasteiger partial charge on any atom is 0.288 e. The summed E-state index contributed by atoms with van der Waals surface area (Å²) < 4.78 is 5.49. The first kappa shape index (κ1) is 16.4. The fourth-order valence-corrected chi connectivity index (χ4v) is 2.71. The molecule has 0 aromatic heterocycles. The zero-order valence-electron chi connectivity index (χ0n) is 12.3. The largest absolute Gasteiger partial charge is 0.493 e. The zero-order chi connectivity index (χ0) is 15.9. The molecule has 0 atom stereocenters. The fraction of sp³-hybridized carbons (Fsp3) is 0.400. The number of rotatable bonds is 7. The van der Waals surface area contributed by atoms with E-state index in [9.17, 15) is 14.4 Å². The number of hydrogen-bond acceptors (Lipinski definition) is 5. The molecule has 0 spiro atoms. The average Bonchev–Trinajstić information content (AvgIpc) is 2.79. The maximum absolute atomic E-state index is 11.7. The summed E-state index contributed by atoms with van der Waals surface area (Å²) in [5.74, 6) is 0.557. The number of thioether (sulfide) groups is 1. The van der Waals surface area contributed by atoms with Crippen LogP contribution >= 0.6 is 11.8 Å².